The molecule has 2 amide bonds. The molecular weight excluding hydrogens is 396 g/mol. The Morgan fingerprint density at radius 3 is 2.48 bits per heavy atom. The van der Waals surface area contributed by atoms with Gasteiger partial charge >= 0.3 is 0 Å². The van der Waals surface area contributed by atoms with Crippen molar-refractivity contribution >= 4 is 23.2 Å². The summed E-state index contributed by atoms with van der Waals surface area (Å²) < 4.78 is 6.60. The van der Waals surface area contributed by atoms with Gasteiger partial charge < -0.3 is 15.4 Å². The van der Waals surface area contributed by atoms with Crippen LogP contribution < -0.4 is 20.9 Å². The van der Waals surface area contributed by atoms with Crippen molar-refractivity contribution in [3.8, 4) is 17.0 Å². The van der Waals surface area contributed by atoms with E-state index < -0.39 is 0 Å². The highest BCUT2D eigenvalue weighted by Crippen LogP contribution is 2.21. The standard InChI is InChI=1S/C23H24N4O4/c1-16(28)24-18-7-4-8-19(15-18)25-22(29)10-5-13-27-23(30)12-11-21(26-27)17-6-3-9-20(14-17)31-2/h3-4,6-9,11-12,14-15H,5,10,13H2,1-2H3,(H,24,28)(H,25,29). The number of methoxy groups -OCH3 is 1. The normalized spacial score (nSPS) is 10.4. The number of aryl methyl sites for hydroxylation is 1. The molecule has 0 aliphatic heterocycles. The van der Waals surface area contributed by atoms with Crippen LogP contribution in [0, 0.1) is 0 Å². The fourth-order valence-corrected chi connectivity index (χ4v) is 3.04. The van der Waals surface area contributed by atoms with Gasteiger partial charge in [-0.25, -0.2) is 4.68 Å². The predicted octanol–water partition coefficient (Wildman–Crippen LogP) is 3.30. The molecule has 0 spiro atoms. The Bertz CT molecular complexity index is 1140. The number of nitrogens with zero attached hydrogens (tertiary/aromatic N) is 2. The van der Waals surface area contributed by atoms with E-state index in [4.69, 9.17) is 4.74 Å². The summed E-state index contributed by atoms with van der Waals surface area (Å²) in [7, 11) is 1.59. The number of carbonyl (C=O) groups is 2. The molecule has 0 saturated carbocycles. The van der Waals surface area contributed by atoms with E-state index in [2.05, 4.69) is 15.7 Å². The van der Waals surface area contributed by atoms with E-state index in [0.29, 0.717) is 35.8 Å². The summed E-state index contributed by atoms with van der Waals surface area (Å²) in [5.74, 6) is 0.339. The molecule has 0 aliphatic rings. The molecule has 3 aromatic rings. The largest absolute Gasteiger partial charge is 0.497 e. The Balaban J connectivity index is 1.59. The zero-order valence-corrected chi connectivity index (χ0v) is 17.4. The van der Waals surface area contributed by atoms with Crippen LogP contribution in [0.25, 0.3) is 11.3 Å². The van der Waals surface area contributed by atoms with E-state index in [9.17, 15) is 14.4 Å². The summed E-state index contributed by atoms with van der Waals surface area (Å²) in [6.07, 6.45) is 0.674. The summed E-state index contributed by atoms with van der Waals surface area (Å²) in [5.41, 5.74) is 2.46. The van der Waals surface area contributed by atoms with Crippen molar-refractivity contribution in [1.29, 1.82) is 0 Å². The number of amides is 2. The topological polar surface area (TPSA) is 102 Å². The van der Waals surface area contributed by atoms with Gasteiger partial charge in [0.2, 0.25) is 11.8 Å². The molecule has 0 atom stereocenters. The second-order valence-corrected chi connectivity index (χ2v) is 6.93. The zero-order chi connectivity index (χ0) is 22.2. The summed E-state index contributed by atoms with van der Waals surface area (Å²) in [6.45, 7) is 1.74. The van der Waals surface area contributed by atoms with Crippen molar-refractivity contribution < 1.29 is 14.3 Å². The highest BCUT2D eigenvalue weighted by molar-refractivity contribution is 5.93. The van der Waals surface area contributed by atoms with Gasteiger partial charge in [-0.2, -0.15) is 5.10 Å². The van der Waals surface area contributed by atoms with Crippen LogP contribution in [-0.4, -0.2) is 28.7 Å². The van der Waals surface area contributed by atoms with Gasteiger partial charge in [-0.3, -0.25) is 14.4 Å². The number of nitrogens with one attached hydrogen (secondary N) is 2. The van der Waals surface area contributed by atoms with Crippen LogP contribution in [0.5, 0.6) is 5.75 Å². The molecule has 8 heteroatoms. The molecule has 0 unspecified atom stereocenters. The summed E-state index contributed by atoms with van der Waals surface area (Å²) in [4.78, 5) is 35.6. The van der Waals surface area contributed by atoms with Gasteiger partial charge in [-0.05, 0) is 42.8 Å². The molecule has 160 valence electrons. The number of benzene rings is 2. The first-order chi connectivity index (χ1) is 14.9. The number of hydrogen-bond acceptors (Lipinski definition) is 5. The minimum atomic E-state index is -0.227. The van der Waals surface area contributed by atoms with E-state index >= 15 is 0 Å². The molecule has 1 heterocycles. The molecule has 0 saturated heterocycles. The maximum absolute atomic E-state index is 12.3. The van der Waals surface area contributed by atoms with Crippen molar-refractivity contribution in [1.82, 2.24) is 9.78 Å². The number of aromatic nitrogens is 2. The highest BCUT2D eigenvalue weighted by atomic mass is 16.5. The predicted molar refractivity (Wildman–Crippen MR) is 119 cm³/mol. The van der Waals surface area contributed by atoms with Crippen molar-refractivity contribution in [2.45, 2.75) is 26.3 Å². The Labute approximate surface area is 179 Å². The lowest BCUT2D eigenvalue weighted by molar-refractivity contribution is -0.116. The summed E-state index contributed by atoms with van der Waals surface area (Å²) in [5, 5.41) is 9.88. The molecular formula is C23H24N4O4. The van der Waals surface area contributed by atoms with Gasteiger partial charge in [0.05, 0.1) is 12.8 Å². The highest BCUT2D eigenvalue weighted by Gasteiger charge is 2.07. The second-order valence-electron chi connectivity index (χ2n) is 6.93. The Kier molecular flexibility index (Phi) is 7.16. The summed E-state index contributed by atoms with van der Waals surface area (Å²) >= 11 is 0. The van der Waals surface area contributed by atoms with E-state index in [-0.39, 0.29) is 23.8 Å². The molecule has 3 rings (SSSR count). The lowest BCUT2D eigenvalue weighted by atomic mass is 10.1. The second kappa shape index (κ2) is 10.2. The van der Waals surface area contributed by atoms with Crippen LogP contribution in [0.15, 0.2) is 65.5 Å². The van der Waals surface area contributed by atoms with Crippen molar-refractivity contribution in [3.05, 3.63) is 71.0 Å². The molecule has 0 aliphatic carbocycles. The van der Waals surface area contributed by atoms with E-state index in [1.807, 2.05) is 24.3 Å². The van der Waals surface area contributed by atoms with E-state index in [1.54, 1.807) is 37.4 Å². The lowest BCUT2D eigenvalue weighted by Crippen LogP contribution is -2.23. The molecule has 0 radical (unpaired) electrons. The molecule has 1 aromatic heterocycles. The van der Waals surface area contributed by atoms with Crippen LogP contribution in [0.4, 0.5) is 11.4 Å². The van der Waals surface area contributed by atoms with Crippen molar-refractivity contribution in [2.24, 2.45) is 0 Å². The van der Waals surface area contributed by atoms with Gasteiger partial charge in [-0.1, -0.05) is 18.2 Å². The van der Waals surface area contributed by atoms with Crippen LogP contribution in [0.3, 0.4) is 0 Å². The zero-order valence-electron chi connectivity index (χ0n) is 17.4. The molecule has 31 heavy (non-hydrogen) atoms. The first kappa shape index (κ1) is 21.8. The molecule has 0 bridgehead atoms. The van der Waals surface area contributed by atoms with Crippen LogP contribution in [0.1, 0.15) is 19.8 Å². The average Bonchev–Trinajstić information content (AvgIpc) is 2.75. The van der Waals surface area contributed by atoms with Gasteiger partial charge in [0, 0.05) is 42.9 Å². The van der Waals surface area contributed by atoms with Crippen LogP contribution >= 0.6 is 0 Å². The Morgan fingerprint density at radius 1 is 1.00 bits per heavy atom. The Hall–Kier alpha value is -3.94. The minimum Gasteiger partial charge on any atom is -0.497 e. The quantitative estimate of drug-likeness (QED) is 0.582. The van der Waals surface area contributed by atoms with Crippen LogP contribution in [0.2, 0.25) is 0 Å². The molecule has 0 fully saturated rings. The molecule has 2 N–H and O–H groups in total. The number of hydrogen-bond donors (Lipinski definition) is 2. The third-order valence-electron chi connectivity index (χ3n) is 4.47. The van der Waals surface area contributed by atoms with E-state index in [0.717, 1.165) is 5.56 Å². The van der Waals surface area contributed by atoms with Gasteiger partial charge in [0.1, 0.15) is 5.75 Å². The third-order valence-corrected chi connectivity index (χ3v) is 4.47. The van der Waals surface area contributed by atoms with Gasteiger partial charge in [-0.15, -0.1) is 0 Å². The fourth-order valence-electron chi connectivity index (χ4n) is 3.04. The maximum Gasteiger partial charge on any atom is 0.266 e. The van der Waals surface area contributed by atoms with Crippen molar-refractivity contribution in [3.63, 3.8) is 0 Å². The average molecular weight is 420 g/mol. The number of carbonyl (C=O) groups excluding carboxylic acids is 2. The first-order valence-electron chi connectivity index (χ1n) is 9.85. The molecule has 2 aromatic carbocycles. The smallest absolute Gasteiger partial charge is 0.266 e. The number of ether oxygens (including phenoxy) is 1. The van der Waals surface area contributed by atoms with E-state index in [1.165, 1.54) is 17.7 Å². The fraction of sp³-hybridized carbons (Fsp3) is 0.217. The number of anilines is 2. The number of rotatable bonds is 8. The maximum atomic E-state index is 12.3. The molecule has 8 nitrogen and oxygen atoms in total. The van der Waals surface area contributed by atoms with Gasteiger partial charge in [0.25, 0.3) is 5.56 Å². The van der Waals surface area contributed by atoms with Crippen molar-refractivity contribution in [2.75, 3.05) is 17.7 Å². The minimum absolute atomic E-state index is 0.183. The Morgan fingerprint density at radius 2 is 1.74 bits per heavy atom. The summed E-state index contributed by atoms with van der Waals surface area (Å²) in [6, 6.07) is 17.5. The SMILES string of the molecule is COc1cccc(-c2ccc(=O)n(CCCC(=O)Nc3cccc(NC(C)=O)c3)n2)c1. The monoisotopic (exact) mass is 420 g/mol. The lowest BCUT2D eigenvalue weighted by Gasteiger charge is -2.09. The first-order valence-corrected chi connectivity index (χ1v) is 9.85. The van der Waals surface area contributed by atoms with Crippen LogP contribution in [-0.2, 0) is 16.1 Å². The third kappa shape index (κ3) is 6.27. The van der Waals surface area contributed by atoms with Gasteiger partial charge in [0.15, 0.2) is 0 Å².